The molecule has 1 aromatic rings. The number of anilines is 1. The Kier molecular flexibility index (Phi) is 5.00. The van der Waals surface area contributed by atoms with E-state index in [2.05, 4.69) is 42.9 Å². The van der Waals surface area contributed by atoms with E-state index in [0.717, 1.165) is 37.4 Å². The molecule has 2 unspecified atom stereocenters. The third-order valence-electron chi connectivity index (χ3n) is 4.31. The summed E-state index contributed by atoms with van der Waals surface area (Å²) in [6, 6.07) is 6.26. The minimum atomic E-state index is -0.107. The minimum Gasteiger partial charge on any atom is -0.366 e. The van der Waals surface area contributed by atoms with Crippen molar-refractivity contribution in [2.75, 3.05) is 31.6 Å². The average molecular weight is 279 g/mol. The average Bonchev–Trinajstić information content (AvgIpc) is 2.42. The van der Waals surface area contributed by atoms with Gasteiger partial charge in [0.15, 0.2) is 0 Å². The highest BCUT2D eigenvalue weighted by Gasteiger charge is 2.28. The Morgan fingerprint density at radius 1 is 1.25 bits per heavy atom. The number of hydrogen-bond donors (Lipinski definition) is 1. The van der Waals surface area contributed by atoms with Gasteiger partial charge in [0, 0.05) is 31.7 Å². The number of nitrogens with zero attached hydrogens (tertiary/aromatic N) is 2. The molecule has 112 valence electrons. The van der Waals surface area contributed by atoms with E-state index in [1.54, 1.807) is 12.1 Å². The smallest absolute Gasteiger partial charge is 0.146 e. The van der Waals surface area contributed by atoms with Crippen molar-refractivity contribution in [1.29, 1.82) is 0 Å². The first-order chi connectivity index (χ1) is 9.54. The molecule has 0 aromatic heterocycles. The summed E-state index contributed by atoms with van der Waals surface area (Å²) >= 11 is 0. The Labute approximate surface area is 121 Å². The zero-order valence-corrected chi connectivity index (χ0v) is 13.0. The molecule has 1 heterocycles. The molecule has 2 rings (SSSR count). The molecule has 0 aliphatic carbocycles. The monoisotopic (exact) mass is 279 g/mol. The molecule has 1 aromatic carbocycles. The molecule has 0 saturated carbocycles. The second kappa shape index (κ2) is 6.55. The van der Waals surface area contributed by atoms with Crippen LogP contribution in [-0.4, -0.2) is 43.7 Å². The van der Waals surface area contributed by atoms with Crippen molar-refractivity contribution in [3.05, 3.63) is 29.6 Å². The summed E-state index contributed by atoms with van der Waals surface area (Å²) in [5, 5.41) is 3.30. The maximum atomic E-state index is 14.3. The summed E-state index contributed by atoms with van der Waals surface area (Å²) in [4.78, 5) is 4.57. The first-order valence-corrected chi connectivity index (χ1v) is 7.49. The van der Waals surface area contributed by atoms with E-state index in [1.165, 1.54) is 0 Å². The van der Waals surface area contributed by atoms with Crippen molar-refractivity contribution >= 4 is 5.69 Å². The first-order valence-electron chi connectivity index (χ1n) is 7.49. The van der Waals surface area contributed by atoms with Crippen LogP contribution in [-0.2, 0) is 6.54 Å². The second-order valence-corrected chi connectivity index (χ2v) is 5.80. The van der Waals surface area contributed by atoms with Gasteiger partial charge in [-0.25, -0.2) is 4.39 Å². The molecule has 0 radical (unpaired) electrons. The standard InChI is InChI=1S/C16H26FN3/c1-5-18-9-14-7-6-8-15(17)16(14)20-10-12(2)19(4)13(3)11-20/h6-8,12-13,18H,5,9-11H2,1-4H3. The van der Waals surface area contributed by atoms with Gasteiger partial charge < -0.3 is 10.2 Å². The van der Waals surface area contributed by atoms with Crippen LogP contribution in [0.15, 0.2) is 18.2 Å². The van der Waals surface area contributed by atoms with Gasteiger partial charge in [0.2, 0.25) is 0 Å². The number of benzene rings is 1. The lowest BCUT2D eigenvalue weighted by Gasteiger charge is -2.44. The van der Waals surface area contributed by atoms with E-state index in [4.69, 9.17) is 0 Å². The van der Waals surface area contributed by atoms with Gasteiger partial charge in [-0.1, -0.05) is 19.1 Å². The Bertz CT molecular complexity index is 437. The maximum absolute atomic E-state index is 14.3. The molecule has 1 saturated heterocycles. The molecule has 3 nitrogen and oxygen atoms in total. The molecule has 2 atom stereocenters. The molecular formula is C16H26FN3. The number of likely N-dealkylation sites (N-methyl/N-ethyl adjacent to an activating group) is 1. The lowest BCUT2D eigenvalue weighted by molar-refractivity contribution is 0.169. The van der Waals surface area contributed by atoms with Crippen LogP contribution in [0.3, 0.4) is 0 Å². The van der Waals surface area contributed by atoms with Gasteiger partial charge in [-0.3, -0.25) is 4.90 Å². The zero-order chi connectivity index (χ0) is 14.7. The molecule has 0 spiro atoms. The Hall–Kier alpha value is -1.13. The fourth-order valence-corrected chi connectivity index (χ4v) is 2.90. The van der Waals surface area contributed by atoms with Crippen LogP contribution in [0.1, 0.15) is 26.3 Å². The molecule has 1 aliphatic rings. The van der Waals surface area contributed by atoms with Crippen molar-refractivity contribution in [1.82, 2.24) is 10.2 Å². The quantitative estimate of drug-likeness (QED) is 0.913. The van der Waals surface area contributed by atoms with Crippen LogP contribution < -0.4 is 10.2 Å². The second-order valence-electron chi connectivity index (χ2n) is 5.80. The first kappa shape index (κ1) is 15.3. The number of piperazine rings is 1. The summed E-state index contributed by atoms with van der Waals surface area (Å²) < 4.78 is 14.3. The lowest BCUT2D eigenvalue weighted by atomic mass is 10.1. The molecule has 0 amide bonds. The molecule has 20 heavy (non-hydrogen) atoms. The summed E-state index contributed by atoms with van der Waals surface area (Å²) in [6.07, 6.45) is 0. The minimum absolute atomic E-state index is 0.107. The highest BCUT2D eigenvalue weighted by atomic mass is 19.1. The Morgan fingerprint density at radius 2 is 1.90 bits per heavy atom. The topological polar surface area (TPSA) is 18.5 Å². The molecule has 1 aliphatic heterocycles. The zero-order valence-electron chi connectivity index (χ0n) is 13.0. The van der Waals surface area contributed by atoms with E-state index in [0.29, 0.717) is 12.1 Å². The SMILES string of the molecule is CCNCc1cccc(F)c1N1CC(C)N(C)C(C)C1. The predicted molar refractivity (Wildman–Crippen MR) is 82.7 cm³/mol. The van der Waals surface area contributed by atoms with Crippen molar-refractivity contribution in [2.24, 2.45) is 0 Å². The highest BCUT2D eigenvalue weighted by molar-refractivity contribution is 5.55. The van der Waals surface area contributed by atoms with Crippen LogP contribution in [0.25, 0.3) is 0 Å². The fraction of sp³-hybridized carbons (Fsp3) is 0.625. The Balaban J connectivity index is 2.27. The van der Waals surface area contributed by atoms with Crippen LogP contribution >= 0.6 is 0 Å². The molecule has 1 N–H and O–H groups in total. The van der Waals surface area contributed by atoms with Gasteiger partial charge in [0.05, 0.1) is 5.69 Å². The van der Waals surface area contributed by atoms with Crippen LogP contribution in [0.2, 0.25) is 0 Å². The number of para-hydroxylation sites is 1. The van der Waals surface area contributed by atoms with E-state index < -0.39 is 0 Å². The summed E-state index contributed by atoms with van der Waals surface area (Å²) in [6.45, 7) is 9.84. The van der Waals surface area contributed by atoms with Crippen molar-refractivity contribution in [3.63, 3.8) is 0 Å². The largest absolute Gasteiger partial charge is 0.366 e. The van der Waals surface area contributed by atoms with Gasteiger partial charge >= 0.3 is 0 Å². The molecule has 4 heteroatoms. The lowest BCUT2D eigenvalue weighted by Crippen LogP contribution is -2.55. The summed E-state index contributed by atoms with van der Waals surface area (Å²) in [5.41, 5.74) is 1.83. The van der Waals surface area contributed by atoms with Gasteiger partial charge in [-0.15, -0.1) is 0 Å². The predicted octanol–water partition coefficient (Wildman–Crippen LogP) is 2.46. The van der Waals surface area contributed by atoms with Gasteiger partial charge in [0.25, 0.3) is 0 Å². The van der Waals surface area contributed by atoms with E-state index >= 15 is 0 Å². The normalized spacial score (nSPS) is 24.1. The van der Waals surface area contributed by atoms with Crippen LogP contribution in [0.5, 0.6) is 0 Å². The Morgan fingerprint density at radius 3 is 2.50 bits per heavy atom. The molecular weight excluding hydrogens is 253 g/mol. The summed E-state index contributed by atoms with van der Waals surface area (Å²) in [5.74, 6) is -0.107. The van der Waals surface area contributed by atoms with Gasteiger partial charge in [-0.05, 0) is 39.1 Å². The van der Waals surface area contributed by atoms with Crippen LogP contribution in [0.4, 0.5) is 10.1 Å². The van der Waals surface area contributed by atoms with E-state index in [9.17, 15) is 4.39 Å². The van der Waals surface area contributed by atoms with E-state index in [1.807, 2.05) is 6.07 Å². The summed E-state index contributed by atoms with van der Waals surface area (Å²) in [7, 11) is 2.15. The third kappa shape index (κ3) is 3.13. The molecule has 0 bridgehead atoms. The number of halogens is 1. The van der Waals surface area contributed by atoms with Crippen molar-refractivity contribution in [3.8, 4) is 0 Å². The van der Waals surface area contributed by atoms with Gasteiger partial charge in [-0.2, -0.15) is 0 Å². The third-order valence-corrected chi connectivity index (χ3v) is 4.31. The number of rotatable bonds is 4. The molecule has 1 fully saturated rings. The van der Waals surface area contributed by atoms with Crippen molar-refractivity contribution in [2.45, 2.75) is 39.4 Å². The van der Waals surface area contributed by atoms with Crippen molar-refractivity contribution < 1.29 is 4.39 Å². The number of nitrogens with one attached hydrogen (secondary N) is 1. The maximum Gasteiger partial charge on any atom is 0.146 e. The fourth-order valence-electron chi connectivity index (χ4n) is 2.90. The van der Waals surface area contributed by atoms with Crippen LogP contribution in [0, 0.1) is 5.82 Å². The van der Waals surface area contributed by atoms with E-state index in [-0.39, 0.29) is 5.82 Å². The van der Waals surface area contributed by atoms with Gasteiger partial charge in [0.1, 0.15) is 5.82 Å². The number of hydrogen-bond acceptors (Lipinski definition) is 3. The highest BCUT2D eigenvalue weighted by Crippen LogP contribution is 2.28.